The number of benzene rings is 2. The first-order valence-electron chi connectivity index (χ1n) is 8.88. The summed E-state index contributed by atoms with van der Waals surface area (Å²) in [5, 5.41) is 16.4. The number of fused-ring (bicyclic) bond motifs is 2. The van der Waals surface area contributed by atoms with E-state index in [0.29, 0.717) is 12.2 Å². The largest absolute Gasteiger partial charge is 0.478 e. The molecule has 31 heavy (non-hydrogen) atoms. The van der Waals surface area contributed by atoms with Crippen molar-refractivity contribution < 1.29 is 22.9 Å². The molecule has 12 heteroatoms. The number of hydrogen-bond acceptors (Lipinski definition) is 8. The van der Waals surface area contributed by atoms with Crippen molar-refractivity contribution in [2.24, 2.45) is 0 Å². The summed E-state index contributed by atoms with van der Waals surface area (Å²) in [6, 6.07) is 9.48. The molecule has 0 saturated carbocycles. The van der Waals surface area contributed by atoms with Crippen LogP contribution in [0.1, 0.15) is 21.6 Å². The van der Waals surface area contributed by atoms with Crippen molar-refractivity contribution in [3.8, 4) is 0 Å². The van der Waals surface area contributed by atoms with E-state index < -0.39 is 16.1 Å². The van der Waals surface area contributed by atoms with Crippen molar-refractivity contribution >= 4 is 50.7 Å². The molecule has 0 saturated heterocycles. The molecule has 0 aliphatic carbocycles. The van der Waals surface area contributed by atoms with Crippen LogP contribution in [0, 0.1) is 6.92 Å². The third kappa shape index (κ3) is 4.76. The highest BCUT2D eigenvalue weighted by Gasteiger charge is 2.21. The van der Waals surface area contributed by atoms with Crippen molar-refractivity contribution in [2.75, 3.05) is 23.0 Å². The number of aryl methyl sites for hydroxylation is 1. The molecule has 1 aliphatic rings. The highest BCUT2D eigenvalue weighted by Crippen LogP contribution is 2.33. The summed E-state index contributed by atoms with van der Waals surface area (Å²) in [4.78, 5) is 11.4. The molecule has 0 unspecified atom stereocenters. The second-order valence-electron chi connectivity index (χ2n) is 6.69. The minimum Gasteiger partial charge on any atom is -0.478 e. The highest BCUT2D eigenvalue weighted by atomic mass is 32.2. The molecule has 4 rings (SSSR count). The number of aromatic nitrogens is 2. The maximum atomic E-state index is 10.9. The second kappa shape index (κ2) is 8.49. The Morgan fingerprint density at radius 3 is 2.55 bits per heavy atom. The minimum atomic E-state index is -4.20. The van der Waals surface area contributed by atoms with Gasteiger partial charge in [0.2, 0.25) is 0 Å². The first kappa shape index (κ1) is 22.5. The van der Waals surface area contributed by atoms with Gasteiger partial charge in [-0.1, -0.05) is 6.07 Å². The molecule has 1 aliphatic heterocycles. The Morgan fingerprint density at radius 1 is 1.23 bits per heavy atom. The van der Waals surface area contributed by atoms with Crippen LogP contribution in [0.5, 0.6) is 0 Å². The van der Waals surface area contributed by atoms with Crippen LogP contribution in [0.2, 0.25) is 0 Å². The number of hydrogen-bond donors (Lipinski definition) is 5. The molecule has 0 atom stereocenters. The Bertz CT molecular complexity index is 1270. The number of carboxylic acids is 1. The van der Waals surface area contributed by atoms with Gasteiger partial charge in [-0.3, -0.25) is 4.55 Å². The molecular formula is C19H21N5O5S2. The molecule has 0 fully saturated rings. The fourth-order valence-corrected chi connectivity index (χ4v) is 4.12. The van der Waals surface area contributed by atoms with Gasteiger partial charge < -0.3 is 21.9 Å². The number of carboxylic acid groups (broad SMARTS) is 1. The maximum Gasteiger partial charge on any atom is 0.335 e. The van der Waals surface area contributed by atoms with Gasteiger partial charge in [0.05, 0.1) is 29.2 Å². The van der Waals surface area contributed by atoms with Gasteiger partial charge >= 0.3 is 5.97 Å². The smallest absolute Gasteiger partial charge is 0.335 e. The summed E-state index contributed by atoms with van der Waals surface area (Å²) in [6.07, 6.45) is 1.80. The van der Waals surface area contributed by atoms with Gasteiger partial charge in [-0.15, -0.1) is 11.8 Å². The summed E-state index contributed by atoms with van der Waals surface area (Å²) < 4.78 is 32.1. The standard InChI is InChI=1S/C12H12N4O2.C7H9NO3S2/c1-6-10(13)11-14-9-4-7(12(17)18)2-3-8(9)5-16(11)15-6;1-12-5-2-3-6(8)7(4-5)13(9,10)11/h2-4,14H,5,13H2,1H3,(H,17,18);2-4H,8H2,1H3,(H,9,10,11). The fourth-order valence-electron chi connectivity index (χ4n) is 2.96. The molecule has 2 heterocycles. The zero-order valence-electron chi connectivity index (χ0n) is 16.7. The van der Waals surface area contributed by atoms with Gasteiger partial charge in [0, 0.05) is 10.6 Å². The molecule has 0 bridgehead atoms. The van der Waals surface area contributed by atoms with Crippen LogP contribution < -0.4 is 16.8 Å². The molecule has 0 amide bonds. The molecule has 7 N–H and O–H groups in total. The monoisotopic (exact) mass is 463 g/mol. The average molecular weight is 464 g/mol. The zero-order chi connectivity index (χ0) is 22.9. The van der Waals surface area contributed by atoms with E-state index in [2.05, 4.69) is 10.4 Å². The molecule has 164 valence electrons. The van der Waals surface area contributed by atoms with Crippen LogP contribution in [0.15, 0.2) is 46.2 Å². The number of nitrogens with zero attached hydrogens (tertiary/aromatic N) is 2. The number of thioether (sulfide) groups is 1. The summed E-state index contributed by atoms with van der Waals surface area (Å²) in [6.45, 7) is 2.44. The lowest BCUT2D eigenvalue weighted by atomic mass is 10.1. The third-order valence-corrected chi connectivity index (χ3v) is 6.24. The quantitative estimate of drug-likeness (QED) is 0.173. The molecule has 10 nitrogen and oxygen atoms in total. The van der Waals surface area contributed by atoms with E-state index in [0.717, 1.165) is 27.7 Å². The molecular weight excluding hydrogens is 442 g/mol. The highest BCUT2D eigenvalue weighted by molar-refractivity contribution is 7.98. The summed E-state index contributed by atoms with van der Waals surface area (Å²) in [7, 11) is -4.20. The number of aromatic carboxylic acids is 1. The Balaban J connectivity index is 0.000000187. The summed E-state index contributed by atoms with van der Waals surface area (Å²) >= 11 is 1.38. The number of rotatable bonds is 3. The molecule has 3 aromatic rings. The Kier molecular flexibility index (Phi) is 6.15. The van der Waals surface area contributed by atoms with Crippen molar-refractivity contribution in [3.05, 3.63) is 53.2 Å². The van der Waals surface area contributed by atoms with E-state index >= 15 is 0 Å². The van der Waals surface area contributed by atoms with Crippen LogP contribution >= 0.6 is 11.8 Å². The normalized spacial score (nSPS) is 12.1. The predicted molar refractivity (Wildman–Crippen MR) is 120 cm³/mol. The van der Waals surface area contributed by atoms with Crippen LogP contribution in [0.3, 0.4) is 0 Å². The fraction of sp³-hybridized carbons (Fsp3) is 0.158. The van der Waals surface area contributed by atoms with E-state index in [4.69, 9.17) is 21.1 Å². The zero-order valence-corrected chi connectivity index (χ0v) is 18.3. The van der Waals surface area contributed by atoms with E-state index in [1.54, 1.807) is 35.2 Å². The Morgan fingerprint density at radius 2 is 1.94 bits per heavy atom. The van der Waals surface area contributed by atoms with Gasteiger partial charge in [0.15, 0.2) is 5.82 Å². The predicted octanol–water partition coefficient (Wildman–Crippen LogP) is 2.81. The molecule has 2 aromatic carbocycles. The van der Waals surface area contributed by atoms with Crippen LogP contribution in [-0.2, 0) is 16.7 Å². The molecule has 0 spiro atoms. The number of nitrogen functional groups attached to an aromatic ring is 2. The van der Waals surface area contributed by atoms with Crippen LogP contribution in [-0.4, -0.2) is 40.1 Å². The summed E-state index contributed by atoms with van der Waals surface area (Å²) in [5.74, 6) is -0.217. The van der Waals surface area contributed by atoms with Gasteiger partial charge in [-0.25, -0.2) is 9.48 Å². The lowest BCUT2D eigenvalue weighted by molar-refractivity contribution is 0.0697. The van der Waals surface area contributed by atoms with Gasteiger partial charge in [0.25, 0.3) is 10.1 Å². The maximum absolute atomic E-state index is 10.9. The van der Waals surface area contributed by atoms with Crippen molar-refractivity contribution in [3.63, 3.8) is 0 Å². The second-order valence-corrected chi connectivity index (χ2v) is 8.96. The van der Waals surface area contributed by atoms with Gasteiger partial charge in [-0.05, 0) is 49.1 Å². The topological polar surface area (TPSA) is 174 Å². The minimum absolute atomic E-state index is 0.0558. The van der Waals surface area contributed by atoms with E-state index in [1.165, 1.54) is 23.9 Å². The SMILES string of the molecule is CSc1ccc(N)c(S(=O)(=O)O)c1.Cc1nn2c(c1N)Nc1cc(C(=O)O)ccc1C2. The first-order chi connectivity index (χ1) is 14.5. The van der Waals surface area contributed by atoms with Crippen molar-refractivity contribution in [2.45, 2.75) is 23.3 Å². The molecule has 0 radical (unpaired) electrons. The molecule has 1 aromatic heterocycles. The third-order valence-electron chi connectivity index (χ3n) is 4.60. The number of carbonyl (C=O) groups is 1. The average Bonchev–Trinajstić information content (AvgIpc) is 2.99. The number of nitrogens with two attached hydrogens (primary N) is 2. The van der Waals surface area contributed by atoms with Crippen LogP contribution in [0.4, 0.5) is 22.9 Å². The Hall–Kier alpha value is -3.22. The van der Waals surface area contributed by atoms with Crippen molar-refractivity contribution in [1.29, 1.82) is 0 Å². The summed E-state index contributed by atoms with van der Waals surface area (Å²) in [5.41, 5.74) is 14.7. The van der Waals surface area contributed by atoms with Crippen LogP contribution in [0.25, 0.3) is 0 Å². The lowest BCUT2D eigenvalue weighted by Crippen LogP contribution is -2.15. The number of nitrogens with one attached hydrogen (secondary N) is 1. The van der Waals surface area contributed by atoms with Gasteiger partial charge in [-0.2, -0.15) is 13.5 Å². The van der Waals surface area contributed by atoms with Gasteiger partial charge in [0.1, 0.15) is 4.90 Å². The Labute approximate surface area is 183 Å². The van der Waals surface area contributed by atoms with E-state index in [-0.39, 0.29) is 16.1 Å². The number of anilines is 4. The van der Waals surface area contributed by atoms with E-state index in [1.807, 2.05) is 6.92 Å². The van der Waals surface area contributed by atoms with E-state index in [9.17, 15) is 13.2 Å². The van der Waals surface area contributed by atoms with Crippen molar-refractivity contribution in [1.82, 2.24) is 9.78 Å². The first-order valence-corrected chi connectivity index (χ1v) is 11.5. The lowest BCUT2D eigenvalue weighted by Gasteiger charge is -2.20.